The molecule has 0 aliphatic heterocycles. The molecule has 0 unspecified atom stereocenters. The van der Waals surface area contributed by atoms with Crippen LogP contribution in [0.25, 0.3) is 0 Å². The molecular weight excluding hydrogens is 224 g/mol. The van der Waals surface area contributed by atoms with Crippen LogP contribution in [-0.4, -0.2) is 12.5 Å². The van der Waals surface area contributed by atoms with Crippen LogP contribution in [0.5, 0.6) is 0 Å². The Morgan fingerprint density at radius 3 is 2.50 bits per heavy atom. The first-order chi connectivity index (χ1) is 8.74. The molecule has 18 heavy (non-hydrogen) atoms. The molecule has 2 N–H and O–H groups in total. The van der Waals surface area contributed by atoms with Crippen LogP contribution in [-0.2, 0) is 11.3 Å². The summed E-state index contributed by atoms with van der Waals surface area (Å²) in [6, 6.07) is 8.01. The first kappa shape index (κ1) is 13.1. The minimum Gasteiger partial charge on any atom is -0.326 e. The third-order valence-electron chi connectivity index (χ3n) is 3.39. The minimum atomic E-state index is 0.264. The zero-order chi connectivity index (χ0) is 13.0. The fourth-order valence-electron chi connectivity index (χ4n) is 2.11. The molecule has 1 aromatic carbocycles. The average Bonchev–Trinajstić information content (AvgIpc) is 3.20. The minimum absolute atomic E-state index is 0.264. The summed E-state index contributed by atoms with van der Waals surface area (Å²) in [7, 11) is 0. The van der Waals surface area contributed by atoms with Gasteiger partial charge in [0.05, 0.1) is 0 Å². The number of nitrogens with two attached hydrogens (primary N) is 1. The van der Waals surface area contributed by atoms with Gasteiger partial charge in [-0.05, 0) is 42.9 Å². The second-order valence-electron chi connectivity index (χ2n) is 5.06. The quantitative estimate of drug-likeness (QED) is 0.839. The lowest BCUT2D eigenvalue weighted by Crippen LogP contribution is -2.31. The highest BCUT2D eigenvalue weighted by molar-refractivity contribution is 5.93. The van der Waals surface area contributed by atoms with E-state index in [2.05, 4.69) is 6.92 Å². The maximum atomic E-state index is 12.2. The predicted molar refractivity (Wildman–Crippen MR) is 74.3 cm³/mol. The smallest absolute Gasteiger partial charge is 0.227 e. The molecule has 0 aromatic heterocycles. The number of benzene rings is 1. The molecule has 1 saturated carbocycles. The lowest BCUT2D eigenvalue weighted by molar-refractivity contribution is -0.118. The van der Waals surface area contributed by atoms with Gasteiger partial charge in [-0.3, -0.25) is 4.79 Å². The van der Waals surface area contributed by atoms with Crippen LogP contribution in [0.1, 0.15) is 38.2 Å². The van der Waals surface area contributed by atoms with Crippen LogP contribution in [0, 0.1) is 5.92 Å². The third-order valence-corrected chi connectivity index (χ3v) is 3.39. The van der Waals surface area contributed by atoms with E-state index in [4.69, 9.17) is 5.73 Å². The van der Waals surface area contributed by atoms with Crippen LogP contribution < -0.4 is 10.6 Å². The van der Waals surface area contributed by atoms with Gasteiger partial charge in [0.2, 0.25) is 5.91 Å². The summed E-state index contributed by atoms with van der Waals surface area (Å²) in [5, 5.41) is 0. The second kappa shape index (κ2) is 6.01. The van der Waals surface area contributed by atoms with Crippen LogP contribution in [0.3, 0.4) is 0 Å². The molecule has 3 heteroatoms. The third kappa shape index (κ3) is 3.33. The Morgan fingerprint density at radius 2 is 2.00 bits per heavy atom. The van der Waals surface area contributed by atoms with Crippen molar-refractivity contribution in [2.24, 2.45) is 11.7 Å². The molecule has 2 rings (SSSR count). The van der Waals surface area contributed by atoms with Gasteiger partial charge in [0, 0.05) is 25.2 Å². The number of nitrogens with zero attached hydrogens (tertiary/aromatic N) is 1. The summed E-state index contributed by atoms with van der Waals surface area (Å²) in [6.07, 6.45) is 4.13. The predicted octanol–water partition coefficient (Wildman–Crippen LogP) is 2.69. The van der Waals surface area contributed by atoms with Gasteiger partial charge >= 0.3 is 0 Å². The summed E-state index contributed by atoms with van der Waals surface area (Å²) in [5.74, 6) is 0.903. The number of amides is 1. The first-order valence-corrected chi connectivity index (χ1v) is 6.84. The van der Waals surface area contributed by atoms with E-state index in [-0.39, 0.29) is 5.91 Å². The van der Waals surface area contributed by atoms with E-state index in [9.17, 15) is 4.79 Å². The Hall–Kier alpha value is -1.35. The molecule has 0 heterocycles. The molecule has 1 aliphatic rings. The van der Waals surface area contributed by atoms with E-state index in [0.717, 1.165) is 24.2 Å². The zero-order valence-corrected chi connectivity index (χ0v) is 11.1. The second-order valence-corrected chi connectivity index (χ2v) is 5.06. The molecule has 98 valence electrons. The monoisotopic (exact) mass is 246 g/mol. The van der Waals surface area contributed by atoms with Gasteiger partial charge < -0.3 is 10.6 Å². The van der Waals surface area contributed by atoms with Gasteiger partial charge in [0.25, 0.3) is 0 Å². The Kier molecular flexibility index (Phi) is 4.37. The van der Waals surface area contributed by atoms with E-state index in [1.165, 1.54) is 12.8 Å². The number of carbonyl (C=O) groups excluding carboxylic acids is 1. The van der Waals surface area contributed by atoms with Gasteiger partial charge in [-0.2, -0.15) is 0 Å². The van der Waals surface area contributed by atoms with E-state index < -0.39 is 0 Å². The van der Waals surface area contributed by atoms with E-state index in [1.54, 1.807) is 0 Å². The van der Waals surface area contributed by atoms with Crippen molar-refractivity contribution in [3.05, 3.63) is 29.8 Å². The highest BCUT2D eigenvalue weighted by Gasteiger charge is 2.27. The highest BCUT2D eigenvalue weighted by Crippen LogP contribution is 2.33. The summed E-state index contributed by atoms with van der Waals surface area (Å²) < 4.78 is 0. The van der Waals surface area contributed by atoms with Gasteiger partial charge in [-0.15, -0.1) is 0 Å². The van der Waals surface area contributed by atoms with Crippen molar-refractivity contribution in [3.63, 3.8) is 0 Å². The van der Waals surface area contributed by atoms with Gasteiger partial charge in [0.1, 0.15) is 0 Å². The van der Waals surface area contributed by atoms with Crippen LogP contribution >= 0.6 is 0 Å². The number of hydrogen-bond acceptors (Lipinski definition) is 2. The van der Waals surface area contributed by atoms with Crippen molar-refractivity contribution >= 4 is 11.6 Å². The summed E-state index contributed by atoms with van der Waals surface area (Å²) in [5.41, 5.74) is 7.69. The van der Waals surface area contributed by atoms with Crippen LogP contribution in [0.2, 0.25) is 0 Å². The molecule has 1 aliphatic carbocycles. The molecule has 0 spiro atoms. The maximum Gasteiger partial charge on any atom is 0.227 e. The number of carbonyl (C=O) groups is 1. The average molecular weight is 246 g/mol. The fourth-order valence-corrected chi connectivity index (χ4v) is 2.11. The van der Waals surface area contributed by atoms with Crippen molar-refractivity contribution in [1.29, 1.82) is 0 Å². The highest BCUT2D eigenvalue weighted by atomic mass is 16.2. The van der Waals surface area contributed by atoms with E-state index in [0.29, 0.717) is 18.9 Å². The molecule has 1 fully saturated rings. The normalized spacial score (nSPS) is 14.6. The molecule has 0 atom stereocenters. The topological polar surface area (TPSA) is 46.3 Å². The van der Waals surface area contributed by atoms with Crippen LogP contribution in [0.15, 0.2) is 24.3 Å². The Balaban J connectivity index is 2.08. The molecule has 3 nitrogen and oxygen atoms in total. The molecular formula is C15H22N2O. The van der Waals surface area contributed by atoms with Gasteiger partial charge in [0.15, 0.2) is 0 Å². The molecule has 1 aromatic rings. The van der Waals surface area contributed by atoms with Crippen molar-refractivity contribution < 1.29 is 4.79 Å². The molecule has 0 bridgehead atoms. The Labute approximate surface area is 109 Å². The van der Waals surface area contributed by atoms with E-state index >= 15 is 0 Å². The number of anilines is 1. The van der Waals surface area contributed by atoms with Gasteiger partial charge in [-0.25, -0.2) is 0 Å². The van der Waals surface area contributed by atoms with Crippen molar-refractivity contribution in [2.45, 2.75) is 39.2 Å². The van der Waals surface area contributed by atoms with Crippen molar-refractivity contribution in [2.75, 3.05) is 11.4 Å². The van der Waals surface area contributed by atoms with E-state index in [1.807, 2.05) is 29.2 Å². The molecule has 0 saturated heterocycles. The van der Waals surface area contributed by atoms with Crippen LogP contribution in [0.4, 0.5) is 5.69 Å². The Morgan fingerprint density at radius 1 is 1.33 bits per heavy atom. The van der Waals surface area contributed by atoms with Crippen molar-refractivity contribution in [3.8, 4) is 0 Å². The standard InChI is InChI=1S/C15H22N2O/c1-2-9-17(15(18)10-12-3-4-12)14-7-5-13(11-16)6-8-14/h5-8,12H,2-4,9-11,16H2,1H3. The molecule has 0 radical (unpaired) electrons. The fraction of sp³-hybridized carbons (Fsp3) is 0.533. The first-order valence-electron chi connectivity index (χ1n) is 6.84. The summed E-state index contributed by atoms with van der Waals surface area (Å²) >= 11 is 0. The number of rotatable bonds is 6. The summed E-state index contributed by atoms with van der Waals surface area (Å²) in [4.78, 5) is 14.2. The van der Waals surface area contributed by atoms with Crippen molar-refractivity contribution in [1.82, 2.24) is 0 Å². The SMILES string of the molecule is CCCN(C(=O)CC1CC1)c1ccc(CN)cc1. The lowest BCUT2D eigenvalue weighted by atomic mass is 10.1. The maximum absolute atomic E-state index is 12.2. The lowest BCUT2D eigenvalue weighted by Gasteiger charge is -2.22. The Bertz CT molecular complexity index is 395. The number of hydrogen-bond donors (Lipinski definition) is 1. The molecule has 1 amide bonds. The largest absolute Gasteiger partial charge is 0.326 e. The zero-order valence-electron chi connectivity index (χ0n) is 11.1. The summed E-state index contributed by atoms with van der Waals surface area (Å²) in [6.45, 7) is 3.45. The van der Waals surface area contributed by atoms with Gasteiger partial charge in [-0.1, -0.05) is 19.1 Å².